The predicted molar refractivity (Wildman–Crippen MR) is 81.4 cm³/mol. The molecule has 1 N–H and O–H groups in total. The largest absolute Gasteiger partial charge is 0.255 e. The lowest BCUT2D eigenvalue weighted by molar-refractivity contribution is 0.959. The first kappa shape index (κ1) is 12.9. The fourth-order valence-corrected chi connectivity index (χ4v) is 1.81. The monoisotopic (exact) mass is 275 g/mol. The van der Waals surface area contributed by atoms with E-state index in [0.717, 1.165) is 22.4 Å². The van der Waals surface area contributed by atoms with Crippen LogP contribution in [0.1, 0.15) is 0 Å². The van der Waals surface area contributed by atoms with E-state index in [4.69, 9.17) is 0 Å². The van der Waals surface area contributed by atoms with Gasteiger partial charge in [0.15, 0.2) is 0 Å². The summed E-state index contributed by atoms with van der Waals surface area (Å²) in [5.74, 6) is 0. The van der Waals surface area contributed by atoms with Crippen LogP contribution in [0.2, 0.25) is 0 Å². The highest BCUT2D eigenvalue weighted by atomic mass is 15.3. The molecule has 0 aliphatic carbocycles. The topological polar surface area (TPSA) is 67.3 Å². The van der Waals surface area contributed by atoms with Gasteiger partial charge in [0.1, 0.15) is 11.0 Å². The maximum Gasteiger partial charge on any atom is 0.112 e. The SMILES string of the molecule is c1ccc(-c2ccccn2)nc1.c1ccc2n[nH]nc2c1. The van der Waals surface area contributed by atoms with E-state index in [1.165, 1.54) is 0 Å². The summed E-state index contributed by atoms with van der Waals surface area (Å²) in [6, 6.07) is 19.3. The number of H-pyrrole nitrogens is 1. The lowest BCUT2D eigenvalue weighted by Crippen LogP contribution is -1.83. The van der Waals surface area contributed by atoms with Crippen molar-refractivity contribution in [3.63, 3.8) is 0 Å². The van der Waals surface area contributed by atoms with Crippen molar-refractivity contribution < 1.29 is 0 Å². The van der Waals surface area contributed by atoms with Gasteiger partial charge in [-0.05, 0) is 36.4 Å². The van der Waals surface area contributed by atoms with Gasteiger partial charge >= 0.3 is 0 Å². The molecule has 4 rings (SSSR count). The number of nitrogens with zero attached hydrogens (tertiary/aromatic N) is 4. The summed E-state index contributed by atoms with van der Waals surface area (Å²) in [7, 11) is 0. The Morgan fingerprint density at radius 2 is 1.05 bits per heavy atom. The van der Waals surface area contributed by atoms with Gasteiger partial charge < -0.3 is 0 Å². The van der Waals surface area contributed by atoms with Crippen molar-refractivity contribution in [3.05, 3.63) is 73.1 Å². The van der Waals surface area contributed by atoms with Crippen molar-refractivity contribution >= 4 is 11.0 Å². The van der Waals surface area contributed by atoms with Crippen LogP contribution in [0.15, 0.2) is 73.1 Å². The van der Waals surface area contributed by atoms with Gasteiger partial charge in [-0.25, -0.2) is 0 Å². The number of fused-ring (bicyclic) bond motifs is 1. The highest BCUT2D eigenvalue weighted by Crippen LogP contribution is 2.10. The molecule has 4 aromatic rings. The number of benzene rings is 1. The van der Waals surface area contributed by atoms with E-state index in [-0.39, 0.29) is 0 Å². The third-order valence-corrected chi connectivity index (χ3v) is 2.81. The van der Waals surface area contributed by atoms with Crippen LogP contribution < -0.4 is 0 Å². The first-order valence-electron chi connectivity index (χ1n) is 6.51. The fraction of sp³-hybridized carbons (Fsp3) is 0. The van der Waals surface area contributed by atoms with E-state index in [9.17, 15) is 0 Å². The Bertz CT molecular complexity index is 729. The average molecular weight is 275 g/mol. The fourth-order valence-electron chi connectivity index (χ4n) is 1.81. The molecular weight excluding hydrogens is 262 g/mol. The van der Waals surface area contributed by atoms with Gasteiger partial charge in [-0.2, -0.15) is 15.4 Å². The molecule has 0 fully saturated rings. The number of rotatable bonds is 1. The molecule has 1 aromatic carbocycles. The second-order valence-corrected chi connectivity index (χ2v) is 4.24. The van der Waals surface area contributed by atoms with Crippen LogP contribution in [0, 0.1) is 0 Å². The number of aromatic nitrogens is 5. The summed E-state index contributed by atoms with van der Waals surface area (Å²) in [5, 5.41) is 10.3. The molecule has 5 heteroatoms. The Morgan fingerprint density at radius 3 is 1.48 bits per heavy atom. The molecule has 3 heterocycles. The minimum atomic E-state index is 0.914. The molecular formula is C16H13N5. The van der Waals surface area contributed by atoms with Crippen LogP contribution in [-0.4, -0.2) is 25.4 Å². The quantitative estimate of drug-likeness (QED) is 0.579. The highest BCUT2D eigenvalue weighted by molar-refractivity contribution is 5.72. The Labute approximate surface area is 121 Å². The molecule has 0 radical (unpaired) electrons. The number of hydrogen-bond acceptors (Lipinski definition) is 4. The van der Waals surface area contributed by atoms with E-state index in [2.05, 4.69) is 25.4 Å². The van der Waals surface area contributed by atoms with Gasteiger partial charge in [0.25, 0.3) is 0 Å². The lowest BCUT2D eigenvalue weighted by atomic mass is 10.2. The van der Waals surface area contributed by atoms with Gasteiger partial charge in [0.2, 0.25) is 0 Å². The zero-order chi connectivity index (χ0) is 14.3. The van der Waals surface area contributed by atoms with Crippen LogP contribution in [0.5, 0.6) is 0 Å². The van der Waals surface area contributed by atoms with Crippen molar-refractivity contribution in [1.29, 1.82) is 0 Å². The molecule has 0 spiro atoms. The van der Waals surface area contributed by atoms with Crippen LogP contribution in [0.25, 0.3) is 22.4 Å². The van der Waals surface area contributed by atoms with Crippen molar-refractivity contribution in [1.82, 2.24) is 25.4 Å². The second kappa shape index (κ2) is 6.38. The Morgan fingerprint density at radius 1 is 0.571 bits per heavy atom. The van der Waals surface area contributed by atoms with Gasteiger partial charge in [0.05, 0.1) is 11.4 Å². The molecule has 0 saturated carbocycles. The summed E-state index contributed by atoms with van der Waals surface area (Å²) in [4.78, 5) is 8.37. The highest BCUT2D eigenvalue weighted by Gasteiger charge is 1.95. The zero-order valence-corrected chi connectivity index (χ0v) is 11.2. The smallest absolute Gasteiger partial charge is 0.112 e. The zero-order valence-electron chi connectivity index (χ0n) is 11.2. The van der Waals surface area contributed by atoms with Gasteiger partial charge in [-0.15, -0.1) is 0 Å². The summed E-state index contributed by atoms with van der Waals surface area (Å²) >= 11 is 0. The van der Waals surface area contributed by atoms with Crippen molar-refractivity contribution in [2.75, 3.05) is 0 Å². The summed E-state index contributed by atoms with van der Waals surface area (Å²) < 4.78 is 0. The van der Waals surface area contributed by atoms with E-state index in [1.54, 1.807) is 12.4 Å². The van der Waals surface area contributed by atoms with Crippen LogP contribution >= 0.6 is 0 Å². The maximum absolute atomic E-state index is 4.19. The summed E-state index contributed by atoms with van der Waals surface area (Å²) in [6.07, 6.45) is 3.54. The maximum atomic E-state index is 4.19. The van der Waals surface area contributed by atoms with Crippen molar-refractivity contribution in [2.45, 2.75) is 0 Å². The number of nitrogens with one attached hydrogen (secondary N) is 1. The van der Waals surface area contributed by atoms with E-state index >= 15 is 0 Å². The molecule has 0 bridgehead atoms. The van der Waals surface area contributed by atoms with E-state index in [0.29, 0.717) is 0 Å². The van der Waals surface area contributed by atoms with Gasteiger partial charge in [-0.1, -0.05) is 24.3 Å². The van der Waals surface area contributed by atoms with Gasteiger partial charge in [-0.3, -0.25) is 9.97 Å². The van der Waals surface area contributed by atoms with Crippen LogP contribution in [-0.2, 0) is 0 Å². The minimum absolute atomic E-state index is 0.914. The molecule has 0 saturated heterocycles. The first-order chi connectivity index (χ1) is 10.4. The summed E-state index contributed by atoms with van der Waals surface area (Å²) in [6.45, 7) is 0. The summed E-state index contributed by atoms with van der Waals surface area (Å²) in [5.41, 5.74) is 3.66. The molecule has 102 valence electrons. The van der Waals surface area contributed by atoms with E-state index in [1.807, 2.05) is 60.7 Å². The number of hydrogen-bond donors (Lipinski definition) is 1. The Balaban J connectivity index is 0.000000131. The Hall–Kier alpha value is -3.08. The van der Waals surface area contributed by atoms with Crippen LogP contribution in [0.4, 0.5) is 0 Å². The molecule has 0 aliphatic rings. The van der Waals surface area contributed by atoms with Crippen molar-refractivity contribution in [2.24, 2.45) is 0 Å². The molecule has 0 amide bonds. The molecule has 5 nitrogen and oxygen atoms in total. The Kier molecular flexibility index (Phi) is 3.93. The second-order valence-electron chi connectivity index (χ2n) is 4.24. The third-order valence-electron chi connectivity index (χ3n) is 2.81. The average Bonchev–Trinajstić information content (AvgIpc) is 3.06. The third kappa shape index (κ3) is 3.27. The lowest BCUT2D eigenvalue weighted by Gasteiger charge is -1.96. The van der Waals surface area contributed by atoms with Crippen LogP contribution in [0.3, 0.4) is 0 Å². The number of para-hydroxylation sites is 2. The molecule has 0 aliphatic heterocycles. The number of aromatic amines is 1. The van der Waals surface area contributed by atoms with E-state index < -0.39 is 0 Å². The molecule has 0 unspecified atom stereocenters. The molecule has 21 heavy (non-hydrogen) atoms. The standard InChI is InChI=1S/C10H8N2.C6H5N3/c1-3-7-11-9(5-1)10-6-2-4-8-12-10;1-2-4-6-5(3-1)7-9-8-6/h1-8H;1-4H,(H,7,8,9). The predicted octanol–water partition coefficient (Wildman–Crippen LogP) is 3.10. The van der Waals surface area contributed by atoms with Gasteiger partial charge in [0, 0.05) is 12.4 Å². The molecule has 3 aromatic heterocycles. The number of pyridine rings is 2. The normalized spacial score (nSPS) is 9.90. The minimum Gasteiger partial charge on any atom is -0.255 e. The molecule has 0 atom stereocenters. The first-order valence-corrected chi connectivity index (χ1v) is 6.51. The van der Waals surface area contributed by atoms with Crippen molar-refractivity contribution in [3.8, 4) is 11.4 Å².